The predicted octanol–water partition coefficient (Wildman–Crippen LogP) is 0.726. The average Bonchev–Trinajstić information content (AvgIpc) is 2.55. The highest BCUT2D eigenvalue weighted by Gasteiger charge is 2.15. The maximum atomic E-state index is 4.20. The molecular formula is C8H13N3. The number of imidazole rings is 1. The van der Waals surface area contributed by atoms with Crippen molar-refractivity contribution in [2.24, 2.45) is 0 Å². The number of rotatable bonds is 1. The van der Waals surface area contributed by atoms with E-state index < -0.39 is 0 Å². The predicted molar refractivity (Wildman–Crippen MR) is 43.5 cm³/mol. The first kappa shape index (κ1) is 6.85. The number of aryl methyl sites for hydroxylation is 1. The van der Waals surface area contributed by atoms with Gasteiger partial charge in [-0.2, -0.15) is 0 Å². The van der Waals surface area contributed by atoms with Gasteiger partial charge in [0.25, 0.3) is 0 Å². The summed E-state index contributed by atoms with van der Waals surface area (Å²) >= 11 is 0. The molecule has 0 radical (unpaired) electrons. The molecule has 0 aromatic carbocycles. The summed E-state index contributed by atoms with van der Waals surface area (Å²) in [4.78, 5) is 4.20. The van der Waals surface area contributed by atoms with Gasteiger partial charge in [0, 0.05) is 18.8 Å². The van der Waals surface area contributed by atoms with Crippen LogP contribution in [0.3, 0.4) is 0 Å². The molecule has 1 saturated heterocycles. The van der Waals surface area contributed by atoms with Gasteiger partial charge in [-0.15, -0.1) is 0 Å². The molecule has 1 N–H and O–H groups in total. The number of nitrogens with one attached hydrogen (secondary N) is 1. The van der Waals surface area contributed by atoms with E-state index in [0.29, 0.717) is 6.04 Å². The Morgan fingerprint density at radius 3 is 3.18 bits per heavy atom. The summed E-state index contributed by atoms with van der Waals surface area (Å²) in [6.45, 7) is 4.26. The number of hydrogen-bond acceptors (Lipinski definition) is 2. The van der Waals surface area contributed by atoms with Crippen molar-refractivity contribution in [3.63, 3.8) is 0 Å². The van der Waals surface area contributed by atoms with Crippen LogP contribution in [0.2, 0.25) is 0 Å². The highest BCUT2D eigenvalue weighted by Crippen LogP contribution is 2.14. The van der Waals surface area contributed by atoms with E-state index in [1.165, 1.54) is 6.42 Å². The summed E-state index contributed by atoms with van der Waals surface area (Å²) in [5.41, 5.74) is 1.11. The number of aromatic nitrogens is 2. The van der Waals surface area contributed by atoms with Gasteiger partial charge in [0.1, 0.15) is 0 Å². The third-order valence-corrected chi connectivity index (χ3v) is 2.19. The lowest BCUT2D eigenvalue weighted by Crippen LogP contribution is -2.11. The van der Waals surface area contributed by atoms with Gasteiger partial charge in [0.2, 0.25) is 0 Å². The van der Waals surface area contributed by atoms with Crippen molar-refractivity contribution in [2.75, 3.05) is 13.1 Å². The third kappa shape index (κ3) is 1.28. The molecule has 2 heterocycles. The molecule has 1 aromatic heterocycles. The lowest BCUT2D eigenvalue weighted by molar-refractivity contribution is 0.546. The lowest BCUT2D eigenvalue weighted by Gasteiger charge is -2.08. The van der Waals surface area contributed by atoms with Crippen LogP contribution < -0.4 is 5.32 Å². The first-order valence-corrected chi connectivity index (χ1v) is 4.07. The van der Waals surface area contributed by atoms with Crippen LogP contribution in [0.25, 0.3) is 0 Å². The van der Waals surface area contributed by atoms with Gasteiger partial charge in [-0.3, -0.25) is 0 Å². The molecule has 1 aliphatic heterocycles. The normalized spacial score (nSPS) is 24.3. The van der Waals surface area contributed by atoms with Gasteiger partial charge in [-0.25, -0.2) is 4.98 Å². The van der Waals surface area contributed by atoms with Gasteiger partial charge in [-0.1, -0.05) is 0 Å². The summed E-state index contributed by atoms with van der Waals surface area (Å²) < 4.78 is 2.20. The molecule has 0 aliphatic carbocycles. The molecule has 0 bridgehead atoms. The molecule has 3 nitrogen and oxygen atoms in total. The van der Waals surface area contributed by atoms with Crippen LogP contribution in [-0.4, -0.2) is 22.6 Å². The minimum Gasteiger partial charge on any atom is -0.333 e. The molecule has 1 aromatic rings. The second-order valence-corrected chi connectivity index (χ2v) is 3.11. The van der Waals surface area contributed by atoms with Gasteiger partial charge < -0.3 is 9.88 Å². The van der Waals surface area contributed by atoms with E-state index in [4.69, 9.17) is 0 Å². The summed E-state index contributed by atoms with van der Waals surface area (Å²) in [6, 6.07) is 0.635. The van der Waals surface area contributed by atoms with Crippen molar-refractivity contribution in [3.05, 3.63) is 18.2 Å². The molecule has 11 heavy (non-hydrogen) atoms. The summed E-state index contributed by atoms with van der Waals surface area (Å²) in [5, 5.41) is 3.33. The van der Waals surface area contributed by atoms with Crippen molar-refractivity contribution in [2.45, 2.75) is 19.4 Å². The molecule has 0 amide bonds. The zero-order valence-corrected chi connectivity index (χ0v) is 6.75. The van der Waals surface area contributed by atoms with E-state index in [-0.39, 0.29) is 0 Å². The quantitative estimate of drug-likeness (QED) is 0.641. The standard InChI is InChI=1S/C8H13N3/c1-7-5-11(6-10-7)8-2-3-9-4-8/h5-6,8-9H,2-4H2,1H3/t8-/m0/s1. The summed E-state index contributed by atoms with van der Waals surface area (Å²) in [5.74, 6) is 0. The maximum absolute atomic E-state index is 4.20. The molecular weight excluding hydrogens is 138 g/mol. The highest BCUT2D eigenvalue weighted by molar-refractivity contribution is 4.95. The van der Waals surface area contributed by atoms with Gasteiger partial charge in [-0.05, 0) is 19.9 Å². The van der Waals surface area contributed by atoms with Crippen molar-refractivity contribution < 1.29 is 0 Å². The Kier molecular flexibility index (Phi) is 1.66. The van der Waals surface area contributed by atoms with Crippen LogP contribution in [0.4, 0.5) is 0 Å². The Labute approximate surface area is 66.4 Å². The Morgan fingerprint density at radius 1 is 1.73 bits per heavy atom. The topological polar surface area (TPSA) is 29.9 Å². The SMILES string of the molecule is Cc1cn([C@H]2CCNC2)cn1. The maximum Gasteiger partial charge on any atom is 0.0952 e. The summed E-state index contributed by atoms with van der Waals surface area (Å²) in [7, 11) is 0. The van der Waals surface area contributed by atoms with Crippen LogP contribution in [0.5, 0.6) is 0 Å². The molecule has 60 valence electrons. The minimum absolute atomic E-state index is 0.635. The van der Waals surface area contributed by atoms with Crippen LogP contribution in [0.15, 0.2) is 12.5 Å². The smallest absolute Gasteiger partial charge is 0.0952 e. The Morgan fingerprint density at radius 2 is 2.64 bits per heavy atom. The van der Waals surface area contributed by atoms with Crippen LogP contribution in [0.1, 0.15) is 18.2 Å². The summed E-state index contributed by atoms with van der Waals surface area (Å²) in [6.07, 6.45) is 5.26. The van der Waals surface area contributed by atoms with E-state index in [1.54, 1.807) is 0 Å². The van der Waals surface area contributed by atoms with Crippen molar-refractivity contribution in [3.8, 4) is 0 Å². The lowest BCUT2D eigenvalue weighted by atomic mass is 10.2. The van der Waals surface area contributed by atoms with E-state index in [2.05, 4.69) is 21.1 Å². The Bertz CT molecular complexity index is 235. The van der Waals surface area contributed by atoms with Gasteiger partial charge in [0.05, 0.1) is 12.0 Å². The van der Waals surface area contributed by atoms with Crippen molar-refractivity contribution >= 4 is 0 Å². The minimum atomic E-state index is 0.635. The fourth-order valence-electron chi connectivity index (χ4n) is 1.53. The van der Waals surface area contributed by atoms with Crippen LogP contribution in [-0.2, 0) is 0 Å². The molecule has 2 rings (SSSR count). The molecule has 1 fully saturated rings. The molecule has 3 heteroatoms. The average molecular weight is 151 g/mol. The van der Waals surface area contributed by atoms with E-state index in [1.807, 2.05) is 13.3 Å². The molecule has 0 saturated carbocycles. The molecule has 1 atom stereocenters. The molecule has 0 spiro atoms. The van der Waals surface area contributed by atoms with Gasteiger partial charge >= 0.3 is 0 Å². The number of hydrogen-bond donors (Lipinski definition) is 1. The second-order valence-electron chi connectivity index (χ2n) is 3.11. The monoisotopic (exact) mass is 151 g/mol. The largest absolute Gasteiger partial charge is 0.333 e. The Balaban J connectivity index is 2.15. The fourth-order valence-corrected chi connectivity index (χ4v) is 1.53. The zero-order valence-electron chi connectivity index (χ0n) is 6.75. The van der Waals surface area contributed by atoms with Crippen LogP contribution in [0, 0.1) is 6.92 Å². The fraction of sp³-hybridized carbons (Fsp3) is 0.625. The van der Waals surface area contributed by atoms with Gasteiger partial charge in [0.15, 0.2) is 0 Å². The zero-order chi connectivity index (χ0) is 7.68. The molecule has 0 unspecified atom stereocenters. The molecule has 1 aliphatic rings. The van der Waals surface area contributed by atoms with Crippen molar-refractivity contribution in [1.29, 1.82) is 0 Å². The second kappa shape index (κ2) is 2.66. The van der Waals surface area contributed by atoms with E-state index >= 15 is 0 Å². The first-order valence-electron chi connectivity index (χ1n) is 4.07. The first-order chi connectivity index (χ1) is 5.36. The van der Waals surface area contributed by atoms with E-state index in [0.717, 1.165) is 18.8 Å². The van der Waals surface area contributed by atoms with Crippen molar-refractivity contribution in [1.82, 2.24) is 14.9 Å². The number of nitrogens with zero attached hydrogens (tertiary/aromatic N) is 2. The Hall–Kier alpha value is -0.830. The third-order valence-electron chi connectivity index (χ3n) is 2.19. The van der Waals surface area contributed by atoms with Crippen LogP contribution >= 0.6 is 0 Å². The highest BCUT2D eigenvalue weighted by atomic mass is 15.1. The van der Waals surface area contributed by atoms with E-state index in [9.17, 15) is 0 Å².